The fourth-order valence-corrected chi connectivity index (χ4v) is 12.7. The van der Waals surface area contributed by atoms with Gasteiger partial charge in [-0.2, -0.15) is 0 Å². The van der Waals surface area contributed by atoms with Gasteiger partial charge in [0.15, 0.2) is 69.2 Å². The van der Waals surface area contributed by atoms with Crippen LogP contribution in [0, 0.1) is 0 Å². The van der Waals surface area contributed by atoms with Crippen molar-refractivity contribution in [1.29, 1.82) is 0 Å². The summed E-state index contributed by atoms with van der Waals surface area (Å²) in [5.74, 6) is 0. The van der Waals surface area contributed by atoms with Crippen LogP contribution < -0.4 is 0 Å². The summed E-state index contributed by atoms with van der Waals surface area (Å²) >= 11 is 0. The van der Waals surface area contributed by atoms with E-state index in [0.29, 0.717) is 0 Å². The Balaban J connectivity index is 0.583. The lowest BCUT2D eigenvalue weighted by molar-refractivity contribution is -0.372. The third-order valence-electron chi connectivity index (χ3n) is 18.8. The van der Waals surface area contributed by atoms with Crippen molar-refractivity contribution < 1.29 is 217 Å². The topological polar surface area (TPSA) is 659 Å². The third kappa shape index (κ3) is 17.3. The normalized spacial score (nSPS) is 54.3. The molecule has 0 aromatic rings. The SMILES string of the molecule is OC[C@@H]1O[C@@H](O[C@@H]2C(O)[C@H](O[C@@H]3CO[C@H](O[C@@H]4CO[C@H](O[C@@H]5CO[C@H](O[C@@H]6CO[C@H](O[C@@H]7CO[C@H](O[C@@H]8CO[C@H](O[C@@H]9CO[C@@H](O[C@@H]%10CO[C@@H](O)C(O)[C@H]%10O)C(O)[C@H]9O)C(O)[C@H]8O)C(O)[C@H]7O)C(O)[C@H]6O)C(O)[C@H]5O)C(O)[C@H]4O)C(O)[C@H]3O)OC[C@H]2O[C@@H]2OC[C@@H](O)[C@H](O)C2O)C[C@@H]1O. The van der Waals surface area contributed by atoms with Crippen LogP contribution in [-0.2, 0) is 99.5 Å². The van der Waals surface area contributed by atoms with Crippen LogP contribution in [-0.4, -0.2) is 455 Å². The van der Waals surface area contributed by atoms with E-state index in [1.165, 1.54) is 0 Å². The van der Waals surface area contributed by atoms with Crippen molar-refractivity contribution in [2.75, 3.05) is 72.7 Å². The predicted octanol–water partition coefficient (Wildman–Crippen LogP) is -16.9. The molecule has 11 aliphatic heterocycles. The van der Waals surface area contributed by atoms with Gasteiger partial charge >= 0.3 is 0 Å². The van der Waals surface area contributed by atoms with Gasteiger partial charge in [0.05, 0.1) is 78.8 Å². The molecule has 0 amide bonds. The zero-order valence-electron chi connectivity index (χ0n) is 52.2. The smallest absolute Gasteiger partial charge is 0.186 e. The molecule has 0 aromatic heterocycles. The van der Waals surface area contributed by atoms with Crippen LogP contribution in [0.15, 0.2) is 0 Å². The molecular formula is C55H90O44. The predicted molar refractivity (Wildman–Crippen MR) is 295 cm³/mol. The van der Waals surface area contributed by atoms with Crippen LogP contribution in [0.4, 0.5) is 0 Å². The van der Waals surface area contributed by atoms with Gasteiger partial charge in [0.25, 0.3) is 0 Å². The first kappa shape index (κ1) is 78.3. The summed E-state index contributed by atoms with van der Waals surface area (Å²) in [5, 5.41) is 246. The molecule has 10 unspecified atom stereocenters. The molecule has 44 heteroatoms. The summed E-state index contributed by atoms with van der Waals surface area (Å²) in [6.45, 7) is -5.74. The third-order valence-corrected chi connectivity index (χ3v) is 18.8. The minimum absolute atomic E-state index is 0.159. The first-order valence-corrected chi connectivity index (χ1v) is 32.1. The van der Waals surface area contributed by atoms with Crippen LogP contribution in [0.1, 0.15) is 6.42 Å². The summed E-state index contributed by atoms with van der Waals surface area (Å²) in [5.41, 5.74) is 0. The van der Waals surface area contributed by atoms with Crippen molar-refractivity contribution in [2.45, 2.75) is 271 Å². The number of ether oxygens (including phenoxy) is 21. The Morgan fingerprint density at radius 3 is 0.737 bits per heavy atom. The van der Waals surface area contributed by atoms with Gasteiger partial charge in [-0.1, -0.05) is 0 Å². The molecule has 0 radical (unpaired) electrons. The van der Waals surface area contributed by atoms with E-state index in [0.717, 1.165) is 0 Å². The van der Waals surface area contributed by atoms with Crippen LogP contribution in [0.2, 0.25) is 0 Å². The van der Waals surface area contributed by atoms with E-state index in [4.69, 9.17) is 99.5 Å². The van der Waals surface area contributed by atoms with Gasteiger partial charge in [-0.3, -0.25) is 0 Å². The molecule has 11 aliphatic rings. The number of hydrogen-bond donors (Lipinski definition) is 23. The summed E-state index contributed by atoms with van der Waals surface area (Å²) in [6.07, 6.45) is -70.9. The number of hydrogen-bond acceptors (Lipinski definition) is 44. The maximum atomic E-state index is 11.5. The van der Waals surface area contributed by atoms with Gasteiger partial charge in [-0.15, -0.1) is 0 Å². The van der Waals surface area contributed by atoms with Gasteiger partial charge in [0.1, 0.15) is 189 Å². The average molecular weight is 1460 g/mol. The molecular weight excluding hydrogens is 1360 g/mol. The highest BCUT2D eigenvalue weighted by molar-refractivity contribution is 4.97. The van der Waals surface area contributed by atoms with Crippen LogP contribution in [0.25, 0.3) is 0 Å². The summed E-state index contributed by atoms with van der Waals surface area (Å²) in [6, 6.07) is 0. The average Bonchev–Trinajstić information content (AvgIpc) is 1.67. The molecule has 0 aliphatic carbocycles. The molecule has 11 heterocycles. The summed E-state index contributed by atoms with van der Waals surface area (Å²) < 4.78 is 117. The fraction of sp³-hybridized carbons (Fsp3) is 1.00. The minimum Gasteiger partial charge on any atom is -0.394 e. The molecule has 0 bridgehead atoms. The van der Waals surface area contributed by atoms with Gasteiger partial charge in [-0.05, 0) is 0 Å². The summed E-state index contributed by atoms with van der Waals surface area (Å²) in [4.78, 5) is 0. The maximum Gasteiger partial charge on any atom is 0.186 e. The first-order valence-electron chi connectivity index (χ1n) is 32.1. The molecule has 574 valence electrons. The fourth-order valence-electron chi connectivity index (χ4n) is 12.7. The van der Waals surface area contributed by atoms with E-state index in [1.54, 1.807) is 0 Å². The Kier molecular flexibility index (Phi) is 26.9. The first-order chi connectivity index (χ1) is 47.1. The van der Waals surface area contributed by atoms with Gasteiger partial charge in [0, 0.05) is 6.42 Å². The number of aliphatic hydroxyl groups is 23. The lowest BCUT2D eigenvalue weighted by Crippen LogP contribution is -2.64. The number of aliphatic hydroxyl groups excluding tert-OH is 23. The largest absolute Gasteiger partial charge is 0.394 e. The molecule has 0 spiro atoms. The minimum atomic E-state index is -1.95. The lowest BCUT2D eigenvalue weighted by Gasteiger charge is -2.46. The molecule has 11 saturated heterocycles. The second-order valence-electron chi connectivity index (χ2n) is 25.7. The van der Waals surface area contributed by atoms with Crippen molar-refractivity contribution in [3.63, 3.8) is 0 Å². The molecule has 44 nitrogen and oxygen atoms in total. The molecule has 11 fully saturated rings. The van der Waals surface area contributed by atoms with Crippen LogP contribution in [0.3, 0.4) is 0 Å². The Hall–Kier alpha value is -1.76. The Labute approximate surface area is 559 Å². The van der Waals surface area contributed by atoms with Gasteiger partial charge in [0.2, 0.25) is 0 Å². The molecule has 43 atom stereocenters. The van der Waals surface area contributed by atoms with E-state index in [-0.39, 0.29) is 6.42 Å². The van der Waals surface area contributed by atoms with Crippen molar-refractivity contribution >= 4 is 0 Å². The van der Waals surface area contributed by atoms with Crippen LogP contribution >= 0.6 is 0 Å². The quantitative estimate of drug-likeness (QED) is 0.0507. The second-order valence-corrected chi connectivity index (χ2v) is 25.7. The summed E-state index contributed by atoms with van der Waals surface area (Å²) in [7, 11) is 0. The highest BCUT2D eigenvalue weighted by Crippen LogP contribution is 2.36. The lowest BCUT2D eigenvalue weighted by atomic mass is 10.0. The molecule has 99 heavy (non-hydrogen) atoms. The van der Waals surface area contributed by atoms with Gasteiger partial charge in [-0.25, -0.2) is 0 Å². The van der Waals surface area contributed by atoms with Crippen molar-refractivity contribution in [3.05, 3.63) is 0 Å². The van der Waals surface area contributed by atoms with Crippen molar-refractivity contribution in [2.24, 2.45) is 0 Å². The van der Waals surface area contributed by atoms with E-state index in [1.807, 2.05) is 0 Å². The highest BCUT2D eigenvalue weighted by Gasteiger charge is 2.56. The Bertz CT molecular complexity index is 2480. The van der Waals surface area contributed by atoms with Crippen molar-refractivity contribution in [3.8, 4) is 0 Å². The zero-order valence-corrected chi connectivity index (χ0v) is 52.2. The molecule has 0 aromatic carbocycles. The Morgan fingerprint density at radius 2 is 0.455 bits per heavy atom. The molecule has 11 rings (SSSR count). The maximum absolute atomic E-state index is 11.5. The highest BCUT2D eigenvalue weighted by atomic mass is 16.8. The van der Waals surface area contributed by atoms with Gasteiger partial charge < -0.3 is 217 Å². The monoisotopic (exact) mass is 1450 g/mol. The Morgan fingerprint density at radius 1 is 0.222 bits per heavy atom. The van der Waals surface area contributed by atoms with E-state index in [9.17, 15) is 117 Å². The van der Waals surface area contributed by atoms with Crippen molar-refractivity contribution in [1.82, 2.24) is 0 Å². The van der Waals surface area contributed by atoms with E-state index in [2.05, 4.69) is 0 Å². The van der Waals surface area contributed by atoms with E-state index >= 15 is 0 Å². The number of rotatable bonds is 21. The second kappa shape index (κ2) is 34.0. The standard InChI is InChI=1S/C55H90O44/c56-2-15-13(57)1-25(89-15)99-45-24(98-47-36(69)26(59)14(58)3-80-47)12-88-55(44(45)77)97-23-11-87-54(43(76)34(23)67)96-22-10-86-53(42(75)33(22)66)95-21-9-85-52(41(74)32(21)65)94-20-8-84-51(40(73)31(20)64)93-19-7-83-50(39(72)30(19)63)92-18-6-82-49(38(71)29(18)62)91-17-5-81-48(37(70)28(17)61)90-16-4-79-46(78)35(68)27(16)60/h13-78H,1-12H2/t13-,14+,15-,16+,17+,18+,19+,20+,21+,22+,23+,24+,25-,26-,27-,28-,29-,30-,31-,32-,33-,34-,35?,36?,37?,38?,39?,40?,41?,42?,43?,44?,45-,46+,47-,48-,49+,50+,51+,52+,53+,54+,55-/m0/s1. The molecule has 23 N–H and O–H groups in total. The molecule has 0 saturated carbocycles. The van der Waals surface area contributed by atoms with E-state index < -0.39 is 337 Å². The van der Waals surface area contributed by atoms with Crippen LogP contribution in [0.5, 0.6) is 0 Å². The zero-order chi connectivity index (χ0) is 71.2.